The van der Waals surface area contributed by atoms with Crippen molar-refractivity contribution >= 4 is 16.5 Å². The van der Waals surface area contributed by atoms with Crippen LogP contribution in [0.4, 0.5) is 8.78 Å². The summed E-state index contributed by atoms with van der Waals surface area (Å²) in [7, 11) is 0. The summed E-state index contributed by atoms with van der Waals surface area (Å²) < 4.78 is 27.3. The molecular formula is C30H27F2N7. The Morgan fingerprint density at radius 2 is 2.05 bits per heavy atom. The van der Waals surface area contributed by atoms with E-state index in [-0.39, 0.29) is 13.0 Å². The van der Waals surface area contributed by atoms with Gasteiger partial charge in [-0.15, -0.1) is 0 Å². The second-order valence-corrected chi connectivity index (χ2v) is 9.84. The maximum absolute atomic E-state index is 13.6. The number of nitrogens with one attached hydrogen (secondary N) is 2. The molecule has 0 aliphatic carbocycles. The van der Waals surface area contributed by atoms with Crippen LogP contribution in [0.1, 0.15) is 28.9 Å². The zero-order chi connectivity index (χ0) is 27.0. The zero-order valence-electron chi connectivity index (χ0n) is 21.5. The van der Waals surface area contributed by atoms with Crippen LogP contribution in [-0.2, 0) is 6.54 Å². The van der Waals surface area contributed by atoms with Gasteiger partial charge in [0.1, 0.15) is 5.69 Å². The van der Waals surface area contributed by atoms with Crippen molar-refractivity contribution in [2.24, 2.45) is 0 Å². The van der Waals surface area contributed by atoms with Gasteiger partial charge in [0, 0.05) is 65.9 Å². The van der Waals surface area contributed by atoms with Crippen molar-refractivity contribution in [2.75, 3.05) is 13.1 Å². The van der Waals surface area contributed by atoms with Crippen molar-refractivity contribution < 1.29 is 8.78 Å². The molecule has 6 rings (SSSR count). The van der Waals surface area contributed by atoms with E-state index in [1.807, 2.05) is 43.3 Å². The van der Waals surface area contributed by atoms with E-state index in [4.69, 9.17) is 0 Å². The van der Waals surface area contributed by atoms with Crippen LogP contribution in [0.15, 0.2) is 79.9 Å². The molecule has 0 spiro atoms. The molecule has 0 bridgehead atoms. The minimum atomic E-state index is -2.62. The van der Waals surface area contributed by atoms with E-state index in [1.54, 1.807) is 35.8 Å². The molecule has 6 heterocycles. The highest BCUT2D eigenvalue weighted by Crippen LogP contribution is 2.34. The summed E-state index contributed by atoms with van der Waals surface area (Å²) in [5.41, 5.74) is 8.68. The molecule has 5 aromatic heterocycles. The third kappa shape index (κ3) is 5.00. The van der Waals surface area contributed by atoms with Gasteiger partial charge >= 0.3 is 0 Å². The lowest BCUT2D eigenvalue weighted by Gasteiger charge is -2.15. The summed E-state index contributed by atoms with van der Waals surface area (Å²) in [6, 6.07) is 11.8. The Hall–Kier alpha value is -4.50. The van der Waals surface area contributed by atoms with E-state index < -0.39 is 5.92 Å². The fourth-order valence-electron chi connectivity index (χ4n) is 5.11. The van der Waals surface area contributed by atoms with Gasteiger partial charge in [0.2, 0.25) is 0 Å². The number of hydrogen-bond acceptors (Lipinski definition) is 5. The minimum Gasteiger partial charge on any atom is -0.357 e. The number of hydrogen-bond donors (Lipinski definition) is 2. The standard InChI is InChI=1S/C30H27F2N7/c1-3-6-22(25-7-4-5-9-34-25)23-12-27(36-19(23)2)29-24-13-26(35-16-28(24)37-38-29)21-11-20(14-33-15-21)17-39-10-8-30(31,32)18-39/h3-7,9,11-16,36H,1,8,10,17-18H2,2H3,(H,37,38)/b22-6+. The number of pyridine rings is 3. The van der Waals surface area contributed by atoms with Crippen molar-refractivity contribution in [3.63, 3.8) is 0 Å². The van der Waals surface area contributed by atoms with Crippen molar-refractivity contribution in [1.82, 2.24) is 35.0 Å². The number of aryl methyl sites for hydroxylation is 1. The molecule has 1 fully saturated rings. The number of likely N-dealkylation sites (tertiary alicyclic amines) is 1. The minimum absolute atomic E-state index is 0.103. The number of rotatable bonds is 7. The number of nitrogens with zero attached hydrogens (tertiary/aromatic N) is 5. The average Bonchev–Trinajstić information content (AvgIpc) is 3.63. The molecule has 7 nitrogen and oxygen atoms in total. The SMILES string of the molecule is C=C/C=C(/c1ccccn1)c1cc(-c2n[nH]c3cnc(-c4cncc(CN5CCC(F)(F)C5)c4)cc23)[nH]c1C. The molecule has 1 aliphatic heterocycles. The van der Waals surface area contributed by atoms with Gasteiger partial charge in [-0.05, 0) is 42.8 Å². The maximum Gasteiger partial charge on any atom is 0.261 e. The van der Waals surface area contributed by atoms with Gasteiger partial charge in [0.25, 0.3) is 5.92 Å². The van der Waals surface area contributed by atoms with Crippen LogP contribution in [0.3, 0.4) is 0 Å². The number of alkyl halides is 2. The predicted molar refractivity (Wildman–Crippen MR) is 148 cm³/mol. The Kier molecular flexibility index (Phi) is 6.36. The molecule has 39 heavy (non-hydrogen) atoms. The molecule has 0 saturated carbocycles. The monoisotopic (exact) mass is 523 g/mol. The van der Waals surface area contributed by atoms with Gasteiger partial charge in [-0.1, -0.05) is 24.8 Å². The van der Waals surface area contributed by atoms with Crippen LogP contribution in [0, 0.1) is 6.92 Å². The Morgan fingerprint density at radius 1 is 1.15 bits per heavy atom. The van der Waals surface area contributed by atoms with Gasteiger partial charge in [0.05, 0.1) is 35.3 Å². The Labute approximate surface area is 224 Å². The number of allylic oxidation sites excluding steroid dienone is 2. The zero-order valence-corrected chi connectivity index (χ0v) is 21.5. The lowest BCUT2D eigenvalue weighted by Crippen LogP contribution is -2.24. The highest BCUT2D eigenvalue weighted by atomic mass is 19.3. The van der Waals surface area contributed by atoms with Gasteiger partial charge in [-0.3, -0.25) is 25.0 Å². The Bertz CT molecular complexity index is 1680. The summed E-state index contributed by atoms with van der Waals surface area (Å²) in [5, 5.41) is 8.57. The first-order valence-corrected chi connectivity index (χ1v) is 12.7. The normalized spacial score (nSPS) is 15.7. The lowest BCUT2D eigenvalue weighted by molar-refractivity contribution is 0.0115. The van der Waals surface area contributed by atoms with Crippen LogP contribution in [0.25, 0.3) is 39.1 Å². The van der Waals surface area contributed by atoms with Crippen molar-refractivity contribution in [3.8, 4) is 22.6 Å². The van der Waals surface area contributed by atoms with Crippen LogP contribution in [0.5, 0.6) is 0 Å². The molecule has 196 valence electrons. The summed E-state index contributed by atoms with van der Waals surface area (Å²) in [6.07, 6.45) is 10.6. The summed E-state index contributed by atoms with van der Waals surface area (Å²) >= 11 is 0. The van der Waals surface area contributed by atoms with Crippen molar-refractivity contribution in [3.05, 3.63) is 102 Å². The summed E-state index contributed by atoms with van der Waals surface area (Å²) in [5.74, 6) is -2.62. The fourth-order valence-corrected chi connectivity index (χ4v) is 5.11. The molecular weight excluding hydrogens is 496 g/mol. The van der Waals surface area contributed by atoms with E-state index >= 15 is 0 Å². The first-order valence-electron chi connectivity index (χ1n) is 12.7. The molecule has 0 unspecified atom stereocenters. The fraction of sp³-hybridized carbons (Fsp3) is 0.200. The molecule has 5 aromatic rings. The van der Waals surface area contributed by atoms with E-state index in [0.717, 1.165) is 61.6 Å². The number of fused-ring (bicyclic) bond motifs is 1. The van der Waals surface area contributed by atoms with E-state index in [0.29, 0.717) is 13.1 Å². The molecule has 0 amide bonds. The average molecular weight is 524 g/mol. The molecule has 2 N–H and O–H groups in total. The quantitative estimate of drug-likeness (QED) is 0.249. The van der Waals surface area contributed by atoms with Gasteiger partial charge in [-0.2, -0.15) is 5.10 Å². The Balaban J connectivity index is 1.33. The smallest absolute Gasteiger partial charge is 0.261 e. The Morgan fingerprint density at radius 3 is 2.82 bits per heavy atom. The second kappa shape index (κ2) is 9.99. The van der Waals surface area contributed by atoms with Crippen LogP contribution in [0.2, 0.25) is 0 Å². The van der Waals surface area contributed by atoms with Gasteiger partial charge in [-0.25, -0.2) is 8.78 Å². The van der Waals surface area contributed by atoms with Crippen LogP contribution in [-0.4, -0.2) is 54.0 Å². The highest BCUT2D eigenvalue weighted by molar-refractivity contribution is 5.95. The van der Waals surface area contributed by atoms with Crippen molar-refractivity contribution in [2.45, 2.75) is 25.8 Å². The third-order valence-corrected chi connectivity index (χ3v) is 6.98. The topological polar surface area (TPSA) is 86.4 Å². The third-order valence-electron chi connectivity index (χ3n) is 6.98. The first kappa shape index (κ1) is 24.8. The largest absolute Gasteiger partial charge is 0.357 e. The predicted octanol–water partition coefficient (Wildman–Crippen LogP) is 6.18. The van der Waals surface area contributed by atoms with E-state index in [1.165, 1.54) is 0 Å². The van der Waals surface area contributed by atoms with E-state index in [2.05, 4.69) is 42.8 Å². The summed E-state index contributed by atoms with van der Waals surface area (Å²) in [6.45, 7) is 6.48. The lowest BCUT2D eigenvalue weighted by atomic mass is 10.0. The van der Waals surface area contributed by atoms with Crippen LogP contribution >= 0.6 is 0 Å². The van der Waals surface area contributed by atoms with E-state index in [9.17, 15) is 8.78 Å². The first-order chi connectivity index (χ1) is 18.9. The molecule has 1 saturated heterocycles. The molecule has 9 heteroatoms. The number of halogens is 2. The molecule has 1 aliphatic rings. The molecule has 0 atom stereocenters. The highest BCUT2D eigenvalue weighted by Gasteiger charge is 2.37. The second-order valence-electron chi connectivity index (χ2n) is 9.84. The van der Waals surface area contributed by atoms with Gasteiger partial charge < -0.3 is 4.98 Å². The molecule has 0 radical (unpaired) electrons. The molecule has 0 aromatic carbocycles. The number of H-pyrrole nitrogens is 2. The van der Waals surface area contributed by atoms with Crippen molar-refractivity contribution in [1.29, 1.82) is 0 Å². The number of aromatic nitrogens is 6. The van der Waals surface area contributed by atoms with Crippen LogP contribution < -0.4 is 0 Å². The number of aromatic amines is 2. The summed E-state index contributed by atoms with van der Waals surface area (Å²) in [4.78, 5) is 18.7. The maximum atomic E-state index is 13.6. The van der Waals surface area contributed by atoms with Gasteiger partial charge in [0.15, 0.2) is 0 Å².